The molecule has 5 heteroatoms. The van der Waals surface area contributed by atoms with E-state index < -0.39 is 5.41 Å². The molecule has 1 saturated carbocycles. The number of hydrogen-bond acceptors (Lipinski definition) is 3. The number of anilines is 2. The van der Waals surface area contributed by atoms with Gasteiger partial charge in [-0.3, -0.25) is 9.59 Å². The molecular formula is C24H27N3O2. The number of carbonyl (C=O) groups excluding carboxylic acids is 2. The van der Waals surface area contributed by atoms with Gasteiger partial charge in [0.15, 0.2) is 0 Å². The van der Waals surface area contributed by atoms with Crippen molar-refractivity contribution in [1.82, 2.24) is 0 Å². The predicted molar refractivity (Wildman–Crippen MR) is 115 cm³/mol. The molecule has 0 spiro atoms. The smallest absolute Gasteiger partial charge is 0.240 e. The van der Waals surface area contributed by atoms with Crippen molar-refractivity contribution in [3.05, 3.63) is 59.2 Å². The Morgan fingerprint density at radius 2 is 1.45 bits per heavy atom. The minimum absolute atomic E-state index is 0.246. The van der Waals surface area contributed by atoms with Crippen molar-refractivity contribution in [2.45, 2.75) is 52.4 Å². The molecule has 0 saturated heterocycles. The molecule has 2 aromatic carbocycles. The van der Waals surface area contributed by atoms with E-state index in [9.17, 15) is 14.9 Å². The van der Waals surface area contributed by atoms with E-state index in [1.807, 2.05) is 18.2 Å². The molecule has 3 rings (SSSR count). The van der Waals surface area contributed by atoms with Crippen LogP contribution in [0.15, 0.2) is 42.5 Å². The van der Waals surface area contributed by atoms with Gasteiger partial charge in [-0.25, -0.2) is 0 Å². The van der Waals surface area contributed by atoms with E-state index in [0.29, 0.717) is 24.1 Å². The fourth-order valence-corrected chi connectivity index (χ4v) is 3.54. The van der Waals surface area contributed by atoms with Gasteiger partial charge < -0.3 is 10.6 Å². The second-order valence-electron chi connectivity index (χ2n) is 8.27. The number of nitriles is 1. The van der Waals surface area contributed by atoms with Gasteiger partial charge in [0.05, 0.1) is 11.3 Å². The van der Waals surface area contributed by atoms with Crippen LogP contribution in [0.1, 0.15) is 69.1 Å². The highest BCUT2D eigenvalue weighted by atomic mass is 16.2. The summed E-state index contributed by atoms with van der Waals surface area (Å²) in [7, 11) is 0. The Morgan fingerprint density at radius 3 is 1.97 bits per heavy atom. The molecule has 5 nitrogen and oxygen atoms in total. The van der Waals surface area contributed by atoms with Gasteiger partial charge in [0.25, 0.3) is 0 Å². The van der Waals surface area contributed by atoms with Crippen molar-refractivity contribution in [3.8, 4) is 6.07 Å². The van der Waals surface area contributed by atoms with E-state index in [2.05, 4.69) is 44.4 Å². The average molecular weight is 389 g/mol. The molecule has 0 unspecified atom stereocenters. The lowest BCUT2D eigenvalue weighted by Gasteiger charge is -2.22. The van der Waals surface area contributed by atoms with E-state index in [1.165, 1.54) is 0 Å². The van der Waals surface area contributed by atoms with Crippen LogP contribution >= 0.6 is 0 Å². The maximum atomic E-state index is 13.2. The monoisotopic (exact) mass is 389 g/mol. The van der Waals surface area contributed by atoms with Gasteiger partial charge in [-0.15, -0.1) is 0 Å². The van der Waals surface area contributed by atoms with Crippen LogP contribution in [0.3, 0.4) is 0 Å². The summed E-state index contributed by atoms with van der Waals surface area (Å²) in [6.07, 6.45) is 1.00. The van der Waals surface area contributed by atoms with Crippen molar-refractivity contribution >= 4 is 23.2 Å². The van der Waals surface area contributed by atoms with Crippen LogP contribution in [0, 0.1) is 16.7 Å². The first-order chi connectivity index (χ1) is 13.8. The van der Waals surface area contributed by atoms with E-state index in [1.54, 1.807) is 24.3 Å². The Hall–Kier alpha value is -3.13. The lowest BCUT2D eigenvalue weighted by atomic mass is 9.92. The Morgan fingerprint density at radius 1 is 0.897 bits per heavy atom. The highest BCUT2D eigenvalue weighted by Crippen LogP contribution is 2.48. The first-order valence-electron chi connectivity index (χ1n) is 10.0. The number of hydrogen-bond donors (Lipinski definition) is 2. The molecule has 2 N–H and O–H groups in total. The maximum Gasteiger partial charge on any atom is 0.240 e. The van der Waals surface area contributed by atoms with E-state index in [-0.39, 0.29) is 23.7 Å². The minimum Gasteiger partial charge on any atom is -0.325 e. The van der Waals surface area contributed by atoms with Gasteiger partial charge in [-0.05, 0) is 47.9 Å². The third-order valence-electron chi connectivity index (χ3n) is 5.53. The van der Waals surface area contributed by atoms with Crippen LogP contribution in [0.25, 0.3) is 0 Å². The van der Waals surface area contributed by atoms with Crippen molar-refractivity contribution in [2.75, 3.05) is 10.6 Å². The summed E-state index contributed by atoms with van der Waals surface area (Å²) in [6, 6.07) is 14.9. The fourth-order valence-electron chi connectivity index (χ4n) is 3.54. The summed E-state index contributed by atoms with van der Waals surface area (Å²) >= 11 is 0. The first-order valence-corrected chi connectivity index (χ1v) is 10.0. The highest BCUT2D eigenvalue weighted by Gasteiger charge is 2.56. The predicted octanol–water partition coefficient (Wildman–Crippen LogP) is 5.16. The van der Waals surface area contributed by atoms with Crippen LogP contribution in [-0.2, 0) is 9.59 Å². The topological polar surface area (TPSA) is 82.0 Å². The van der Waals surface area contributed by atoms with E-state index in [0.717, 1.165) is 16.8 Å². The number of amides is 2. The van der Waals surface area contributed by atoms with Gasteiger partial charge in [-0.1, -0.05) is 58.0 Å². The number of nitrogens with one attached hydrogen (secondary N) is 2. The Labute approximate surface area is 172 Å². The maximum absolute atomic E-state index is 13.2. The normalized spacial score (nSPS) is 14.4. The highest BCUT2D eigenvalue weighted by molar-refractivity contribution is 6.17. The molecule has 0 bridgehead atoms. The molecule has 2 amide bonds. The van der Waals surface area contributed by atoms with Gasteiger partial charge in [0.1, 0.15) is 11.5 Å². The molecule has 0 atom stereocenters. The zero-order valence-corrected chi connectivity index (χ0v) is 17.4. The molecule has 29 heavy (non-hydrogen) atoms. The summed E-state index contributed by atoms with van der Waals surface area (Å²) in [5.74, 6) is -0.142. The summed E-state index contributed by atoms with van der Waals surface area (Å²) < 4.78 is 0. The fraction of sp³-hybridized carbons (Fsp3) is 0.375. The zero-order valence-electron chi connectivity index (χ0n) is 17.4. The summed E-state index contributed by atoms with van der Waals surface area (Å²) in [5.41, 5.74) is 2.68. The Balaban J connectivity index is 1.86. The van der Waals surface area contributed by atoms with Gasteiger partial charge in [0.2, 0.25) is 11.8 Å². The molecular weight excluding hydrogens is 362 g/mol. The van der Waals surface area contributed by atoms with Crippen LogP contribution in [0.2, 0.25) is 0 Å². The second kappa shape index (κ2) is 8.08. The quantitative estimate of drug-likeness (QED) is 0.669. The average Bonchev–Trinajstić information content (AvgIpc) is 3.50. The molecule has 2 aromatic rings. The van der Waals surface area contributed by atoms with Crippen molar-refractivity contribution < 1.29 is 9.59 Å². The lowest BCUT2D eigenvalue weighted by Crippen LogP contribution is -2.36. The van der Waals surface area contributed by atoms with Crippen LogP contribution in [-0.4, -0.2) is 11.8 Å². The molecule has 1 aliphatic carbocycles. The summed E-state index contributed by atoms with van der Waals surface area (Å²) in [5, 5.41) is 15.1. The Kier molecular flexibility index (Phi) is 5.74. The standard InChI is InChI=1S/C24H27N3O2/c1-15(2)18-9-7-10-19(16(3)4)21(18)27-23(29)24(12-13-24)22(28)26-20-11-6-5-8-17(20)14-25/h5-11,15-16H,12-13H2,1-4H3,(H,26,28)(H,27,29). The summed E-state index contributed by atoms with van der Waals surface area (Å²) in [6.45, 7) is 8.36. The number of nitrogens with zero attached hydrogens (tertiary/aromatic N) is 1. The minimum atomic E-state index is -1.08. The molecule has 0 aliphatic heterocycles. The van der Waals surface area contributed by atoms with E-state index in [4.69, 9.17) is 0 Å². The van der Waals surface area contributed by atoms with E-state index >= 15 is 0 Å². The molecule has 0 aromatic heterocycles. The lowest BCUT2D eigenvalue weighted by molar-refractivity contribution is -0.131. The number of rotatable bonds is 6. The van der Waals surface area contributed by atoms with Crippen molar-refractivity contribution in [2.24, 2.45) is 5.41 Å². The third-order valence-corrected chi connectivity index (χ3v) is 5.53. The van der Waals surface area contributed by atoms with Crippen LogP contribution in [0.5, 0.6) is 0 Å². The zero-order chi connectivity index (χ0) is 21.2. The SMILES string of the molecule is CC(C)c1cccc(C(C)C)c1NC(=O)C1(C(=O)Nc2ccccc2C#N)CC1. The Bertz CT molecular complexity index is 956. The largest absolute Gasteiger partial charge is 0.325 e. The van der Waals surface area contributed by atoms with Gasteiger partial charge in [0, 0.05) is 5.69 Å². The third kappa shape index (κ3) is 4.02. The summed E-state index contributed by atoms with van der Waals surface area (Å²) in [4.78, 5) is 26.1. The van der Waals surface area contributed by atoms with Gasteiger partial charge >= 0.3 is 0 Å². The van der Waals surface area contributed by atoms with Gasteiger partial charge in [-0.2, -0.15) is 5.26 Å². The van der Waals surface area contributed by atoms with Crippen LogP contribution in [0.4, 0.5) is 11.4 Å². The molecule has 1 aliphatic rings. The molecule has 0 radical (unpaired) electrons. The van der Waals surface area contributed by atoms with Crippen LogP contribution < -0.4 is 10.6 Å². The molecule has 1 fully saturated rings. The number of para-hydroxylation sites is 2. The number of carbonyl (C=O) groups is 2. The first kappa shape index (κ1) is 20.6. The van der Waals surface area contributed by atoms with Crippen molar-refractivity contribution in [3.63, 3.8) is 0 Å². The molecule has 150 valence electrons. The van der Waals surface area contributed by atoms with Crippen molar-refractivity contribution in [1.29, 1.82) is 5.26 Å². The second-order valence-corrected chi connectivity index (χ2v) is 8.27. The number of benzene rings is 2. The molecule has 0 heterocycles.